The molecule has 0 aromatic heterocycles. The fraction of sp³-hybridized carbons (Fsp3) is 0.231. The van der Waals surface area contributed by atoms with Crippen LogP contribution in [0.25, 0.3) is 11.1 Å². The van der Waals surface area contributed by atoms with E-state index in [0.717, 1.165) is 16.9 Å². The van der Waals surface area contributed by atoms with E-state index in [9.17, 15) is 9.59 Å². The predicted octanol–water partition coefficient (Wildman–Crippen LogP) is 3.73. The second-order valence-electron chi connectivity index (χ2n) is 7.58. The third-order valence-corrected chi connectivity index (χ3v) is 5.58. The second-order valence-corrected chi connectivity index (χ2v) is 7.58. The summed E-state index contributed by atoms with van der Waals surface area (Å²) in [5.41, 5.74) is 2.86. The second kappa shape index (κ2) is 10.0. The summed E-state index contributed by atoms with van der Waals surface area (Å²) in [5, 5.41) is 0. The van der Waals surface area contributed by atoms with Crippen molar-refractivity contribution in [3.8, 4) is 22.6 Å². The van der Waals surface area contributed by atoms with Crippen molar-refractivity contribution >= 4 is 11.8 Å². The van der Waals surface area contributed by atoms with Crippen LogP contribution in [0.3, 0.4) is 0 Å². The zero-order chi connectivity index (χ0) is 22.3. The number of amides is 2. The Morgan fingerprint density at radius 1 is 0.719 bits per heavy atom. The van der Waals surface area contributed by atoms with Crippen LogP contribution in [-0.4, -0.2) is 61.5 Å². The van der Waals surface area contributed by atoms with Crippen LogP contribution < -0.4 is 9.47 Å². The van der Waals surface area contributed by atoms with Gasteiger partial charge >= 0.3 is 0 Å². The van der Waals surface area contributed by atoms with E-state index in [2.05, 4.69) is 0 Å². The highest BCUT2D eigenvalue weighted by Gasteiger charge is 2.25. The zero-order valence-corrected chi connectivity index (χ0v) is 18.1. The minimum absolute atomic E-state index is 0.00815. The lowest BCUT2D eigenvalue weighted by Crippen LogP contribution is -2.51. The monoisotopic (exact) mass is 430 g/mol. The number of benzene rings is 3. The Bertz CT molecular complexity index is 1040. The number of piperazine rings is 1. The minimum atomic E-state index is -0.0832. The van der Waals surface area contributed by atoms with Crippen molar-refractivity contribution in [2.45, 2.75) is 0 Å². The molecule has 0 bridgehead atoms. The van der Waals surface area contributed by atoms with E-state index in [4.69, 9.17) is 9.47 Å². The van der Waals surface area contributed by atoms with Gasteiger partial charge in [-0.3, -0.25) is 9.59 Å². The van der Waals surface area contributed by atoms with E-state index >= 15 is 0 Å². The van der Waals surface area contributed by atoms with E-state index in [1.54, 1.807) is 41.2 Å². The average molecular weight is 431 g/mol. The van der Waals surface area contributed by atoms with Crippen LogP contribution in [0, 0.1) is 0 Å². The molecule has 3 aromatic rings. The van der Waals surface area contributed by atoms with Crippen molar-refractivity contribution in [2.24, 2.45) is 0 Å². The molecule has 0 saturated carbocycles. The summed E-state index contributed by atoms with van der Waals surface area (Å²) >= 11 is 0. The van der Waals surface area contributed by atoms with Gasteiger partial charge in [-0.25, -0.2) is 0 Å². The molecular weight excluding hydrogens is 404 g/mol. The molecule has 0 spiro atoms. The maximum Gasteiger partial charge on any atom is 0.260 e. The molecule has 32 heavy (non-hydrogen) atoms. The molecule has 0 N–H and O–H groups in total. The molecule has 1 heterocycles. The number of carbonyl (C=O) groups is 2. The van der Waals surface area contributed by atoms with Gasteiger partial charge in [-0.2, -0.15) is 0 Å². The molecule has 0 atom stereocenters. The maximum atomic E-state index is 12.9. The largest absolute Gasteiger partial charge is 0.497 e. The highest BCUT2D eigenvalue weighted by atomic mass is 16.5. The first kappa shape index (κ1) is 21.4. The smallest absolute Gasteiger partial charge is 0.260 e. The number of nitrogens with zero attached hydrogens (tertiary/aromatic N) is 2. The first-order valence-electron chi connectivity index (χ1n) is 10.6. The van der Waals surface area contributed by atoms with Crippen LogP contribution in [0.15, 0.2) is 78.9 Å². The van der Waals surface area contributed by atoms with Crippen molar-refractivity contribution in [3.05, 3.63) is 84.4 Å². The molecule has 6 nitrogen and oxygen atoms in total. The Labute approximate surface area is 188 Å². The lowest BCUT2D eigenvalue weighted by atomic mass is 10.0. The van der Waals surface area contributed by atoms with Gasteiger partial charge in [-0.1, -0.05) is 42.5 Å². The molecule has 2 amide bonds. The standard InChI is InChI=1S/C26H26N2O4/c1-31-23-11-13-24(14-12-23)32-19-25(29)27-15-17-28(18-16-27)26(30)22-9-7-21(8-10-22)20-5-3-2-4-6-20/h2-14H,15-19H2,1H3. The SMILES string of the molecule is COc1ccc(OCC(=O)N2CCN(C(=O)c3ccc(-c4ccccc4)cc3)CC2)cc1. The summed E-state index contributed by atoms with van der Waals surface area (Å²) in [7, 11) is 1.60. The highest BCUT2D eigenvalue weighted by molar-refractivity contribution is 5.95. The summed E-state index contributed by atoms with van der Waals surface area (Å²) in [5.74, 6) is 1.26. The van der Waals surface area contributed by atoms with Crippen LogP contribution in [0.2, 0.25) is 0 Å². The summed E-state index contributed by atoms with van der Waals surface area (Å²) in [6.45, 7) is 1.99. The lowest BCUT2D eigenvalue weighted by molar-refractivity contribution is -0.134. The van der Waals surface area contributed by atoms with Gasteiger partial charge in [0.05, 0.1) is 7.11 Å². The van der Waals surface area contributed by atoms with Gasteiger partial charge in [0.1, 0.15) is 11.5 Å². The molecule has 1 fully saturated rings. The Kier molecular flexibility index (Phi) is 6.70. The minimum Gasteiger partial charge on any atom is -0.497 e. The van der Waals surface area contributed by atoms with Crippen molar-refractivity contribution in [1.82, 2.24) is 9.80 Å². The van der Waals surface area contributed by atoms with Gasteiger partial charge in [-0.05, 0) is 47.5 Å². The van der Waals surface area contributed by atoms with Gasteiger partial charge in [0, 0.05) is 31.7 Å². The van der Waals surface area contributed by atoms with Crippen LogP contribution in [0.1, 0.15) is 10.4 Å². The Morgan fingerprint density at radius 3 is 1.91 bits per heavy atom. The highest BCUT2D eigenvalue weighted by Crippen LogP contribution is 2.20. The fourth-order valence-corrected chi connectivity index (χ4v) is 3.69. The van der Waals surface area contributed by atoms with Crippen LogP contribution >= 0.6 is 0 Å². The predicted molar refractivity (Wildman–Crippen MR) is 123 cm³/mol. The van der Waals surface area contributed by atoms with E-state index < -0.39 is 0 Å². The van der Waals surface area contributed by atoms with Gasteiger partial charge in [-0.15, -0.1) is 0 Å². The van der Waals surface area contributed by atoms with Crippen molar-refractivity contribution in [1.29, 1.82) is 0 Å². The molecule has 6 heteroatoms. The van der Waals surface area contributed by atoms with E-state index in [1.165, 1.54) is 0 Å². The Balaban J connectivity index is 1.27. The number of carbonyl (C=O) groups excluding carboxylic acids is 2. The first-order chi connectivity index (χ1) is 15.6. The first-order valence-corrected chi connectivity index (χ1v) is 10.6. The number of methoxy groups -OCH3 is 1. The number of ether oxygens (including phenoxy) is 2. The van der Waals surface area contributed by atoms with E-state index in [0.29, 0.717) is 37.5 Å². The Hall–Kier alpha value is -3.80. The van der Waals surface area contributed by atoms with Gasteiger partial charge in [0.2, 0.25) is 0 Å². The lowest BCUT2D eigenvalue weighted by Gasteiger charge is -2.34. The molecule has 1 saturated heterocycles. The number of hydrogen-bond acceptors (Lipinski definition) is 4. The molecule has 1 aliphatic rings. The number of rotatable bonds is 6. The normalized spacial score (nSPS) is 13.5. The fourth-order valence-electron chi connectivity index (χ4n) is 3.69. The molecule has 0 aliphatic carbocycles. The molecule has 164 valence electrons. The van der Waals surface area contributed by atoms with Crippen LogP contribution in [0.4, 0.5) is 0 Å². The van der Waals surface area contributed by atoms with E-state index in [-0.39, 0.29) is 18.4 Å². The Morgan fingerprint density at radius 2 is 1.28 bits per heavy atom. The summed E-state index contributed by atoms with van der Waals surface area (Å²) in [4.78, 5) is 28.9. The van der Waals surface area contributed by atoms with Gasteiger partial charge < -0.3 is 19.3 Å². The molecule has 0 radical (unpaired) electrons. The molecule has 1 aliphatic heterocycles. The molecule has 0 unspecified atom stereocenters. The van der Waals surface area contributed by atoms with Crippen molar-refractivity contribution < 1.29 is 19.1 Å². The number of hydrogen-bond donors (Lipinski definition) is 0. The third kappa shape index (κ3) is 5.09. The van der Waals surface area contributed by atoms with Gasteiger partial charge in [0.15, 0.2) is 6.61 Å². The van der Waals surface area contributed by atoms with Crippen molar-refractivity contribution in [2.75, 3.05) is 39.9 Å². The molecule has 4 rings (SSSR count). The van der Waals surface area contributed by atoms with Crippen LogP contribution in [0.5, 0.6) is 11.5 Å². The summed E-state index contributed by atoms with van der Waals surface area (Å²) < 4.78 is 10.7. The van der Waals surface area contributed by atoms with Crippen molar-refractivity contribution in [3.63, 3.8) is 0 Å². The molecular formula is C26H26N2O4. The van der Waals surface area contributed by atoms with E-state index in [1.807, 2.05) is 54.6 Å². The zero-order valence-electron chi connectivity index (χ0n) is 18.1. The summed E-state index contributed by atoms with van der Waals surface area (Å²) in [6, 6.07) is 24.9. The van der Waals surface area contributed by atoms with Crippen LogP contribution in [-0.2, 0) is 4.79 Å². The maximum absolute atomic E-state index is 12.9. The quantitative estimate of drug-likeness (QED) is 0.598. The summed E-state index contributed by atoms with van der Waals surface area (Å²) in [6.07, 6.45) is 0. The van der Waals surface area contributed by atoms with Gasteiger partial charge in [0.25, 0.3) is 11.8 Å². The third-order valence-electron chi connectivity index (χ3n) is 5.58. The topological polar surface area (TPSA) is 59.1 Å². The molecule has 3 aromatic carbocycles. The average Bonchev–Trinajstić information content (AvgIpc) is 2.88.